The second-order valence-corrected chi connectivity index (χ2v) is 4.29. The summed E-state index contributed by atoms with van der Waals surface area (Å²) in [6, 6.07) is 0. The third kappa shape index (κ3) is 3.47. The maximum absolute atomic E-state index is 11.6. The summed E-state index contributed by atoms with van der Waals surface area (Å²) >= 11 is 0. The largest absolute Gasteiger partial charge is 0.458 e. The van der Waals surface area contributed by atoms with Crippen molar-refractivity contribution in [1.82, 2.24) is 0 Å². The summed E-state index contributed by atoms with van der Waals surface area (Å²) in [5.74, 6) is -0.241. The average Bonchev–Trinajstić information content (AvgIpc) is 2.70. The van der Waals surface area contributed by atoms with E-state index >= 15 is 0 Å². The first-order valence-corrected chi connectivity index (χ1v) is 6.04. The third-order valence-electron chi connectivity index (χ3n) is 3.08. The lowest BCUT2D eigenvalue weighted by Crippen LogP contribution is -2.29. The summed E-state index contributed by atoms with van der Waals surface area (Å²) in [4.78, 5) is 22.8. The number of hydrogen-bond donors (Lipinski definition) is 0. The highest BCUT2D eigenvalue weighted by atomic mass is 16.5. The van der Waals surface area contributed by atoms with Gasteiger partial charge in [-0.3, -0.25) is 4.79 Å². The van der Waals surface area contributed by atoms with Crippen molar-refractivity contribution < 1.29 is 14.3 Å². The van der Waals surface area contributed by atoms with E-state index in [1.54, 1.807) is 0 Å². The maximum atomic E-state index is 11.6. The number of ether oxygens (including phenoxy) is 1. The molecule has 0 radical (unpaired) electrons. The van der Waals surface area contributed by atoms with Crippen molar-refractivity contribution in [2.24, 2.45) is 5.92 Å². The van der Waals surface area contributed by atoms with Gasteiger partial charge in [-0.25, -0.2) is 4.79 Å². The monoisotopic (exact) mass is 224 g/mol. The molecule has 90 valence electrons. The normalized spacial score (nSPS) is 21.8. The van der Waals surface area contributed by atoms with Crippen LogP contribution in [0.1, 0.15) is 45.4 Å². The van der Waals surface area contributed by atoms with Crippen LogP contribution in [0.5, 0.6) is 0 Å². The highest BCUT2D eigenvalue weighted by molar-refractivity contribution is 5.85. The molecular weight excluding hydrogens is 204 g/mol. The van der Waals surface area contributed by atoms with Crippen molar-refractivity contribution in [3.8, 4) is 0 Å². The zero-order valence-corrected chi connectivity index (χ0v) is 9.91. The molecule has 16 heavy (non-hydrogen) atoms. The van der Waals surface area contributed by atoms with Gasteiger partial charge >= 0.3 is 5.97 Å². The van der Waals surface area contributed by atoms with Gasteiger partial charge < -0.3 is 4.74 Å². The van der Waals surface area contributed by atoms with Gasteiger partial charge in [0.25, 0.3) is 0 Å². The van der Waals surface area contributed by atoms with Gasteiger partial charge in [0.05, 0.1) is 5.92 Å². The van der Waals surface area contributed by atoms with Crippen LogP contribution >= 0.6 is 0 Å². The van der Waals surface area contributed by atoms with Crippen LogP contribution in [0.4, 0.5) is 0 Å². The minimum atomic E-state index is -0.416. The van der Waals surface area contributed by atoms with Crippen LogP contribution in [0.3, 0.4) is 0 Å². The van der Waals surface area contributed by atoms with Crippen molar-refractivity contribution >= 4 is 11.8 Å². The molecule has 0 bridgehead atoms. The first kappa shape index (κ1) is 12.9. The second-order valence-electron chi connectivity index (χ2n) is 4.29. The zero-order valence-electron chi connectivity index (χ0n) is 9.91. The fourth-order valence-electron chi connectivity index (χ4n) is 2.18. The summed E-state index contributed by atoms with van der Waals surface area (Å²) < 4.78 is 5.28. The molecule has 0 N–H and O–H groups in total. The lowest BCUT2D eigenvalue weighted by atomic mass is 9.95. The van der Waals surface area contributed by atoms with E-state index in [0.717, 1.165) is 32.1 Å². The quantitative estimate of drug-likeness (QED) is 0.514. The summed E-state index contributed by atoms with van der Waals surface area (Å²) in [7, 11) is 0. The molecule has 0 saturated heterocycles. The zero-order chi connectivity index (χ0) is 12.0. The molecule has 1 saturated carbocycles. The van der Waals surface area contributed by atoms with Gasteiger partial charge in [-0.2, -0.15) is 0 Å². The molecule has 2 atom stereocenters. The molecule has 2 unspecified atom stereocenters. The van der Waals surface area contributed by atoms with Crippen molar-refractivity contribution in [2.45, 2.75) is 51.6 Å². The van der Waals surface area contributed by atoms with Crippen LogP contribution < -0.4 is 0 Å². The fourth-order valence-corrected chi connectivity index (χ4v) is 2.18. The highest BCUT2D eigenvalue weighted by Crippen LogP contribution is 2.29. The SMILES string of the molecule is C=CC(=O)OC(CCCC)C1CCCC1=O. The summed E-state index contributed by atoms with van der Waals surface area (Å²) in [5, 5.41) is 0. The molecule has 0 amide bonds. The molecule has 0 aromatic carbocycles. The first-order valence-electron chi connectivity index (χ1n) is 6.04. The van der Waals surface area contributed by atoms with Crippen LogP contribution in [0.25, 0.3) is 0 Å². The summed E-state index contributed by atoms with van der Waals surface area (Å²) in [6.07, 6.45) is 6.17. The Kier molecular flexibility index (Phi) is 5.23. The number of esters is 1. The first-order chi connectivity index (χ1) is 7.69. The Bertz CT molecular complexity index is 270. The van der Waals surface area contributed by atoms with E-state index in [-0.39, 0.29) is 17.8 Å². The molecule has 0 aliphatic heterocycles. The van der Waals surface area contributed by atoms with Gasteiger partial charge in [0, 0.05) is 12.5 Å². The lowest BCUT2D eigenvalue weighted by molar-refractivity contribution is -0.147. The molecule has 0 aromatic rings. The minimum Gasteiger partial charge on any atom is -0.458 e. The van der Waals surface area contributed by atoms with Crippen molar-refractivity contribution in [3.63, 3.8) is 0 Å². The molecular formula is C13H20O3. The van der Waals surface area contributed by atoms with E-state index in [1.165, 1.54) is 6.08 Å². The molecule has 1 aliphatic carbocycles. The molecule has 3 heteroatoms. The maximum Gasteiger partial charge on any atom is 0.330 e. The van der Waals surface area contributed by atoms with Crippen LogP contribution in [0, 0.1) is 5.92 Å². The molecule has 1 aliphatic rings. The molecule has 3 nitrogen and oxygen atoms in total. The van der Waals surface area contributed by atoms with E-state index < -0.39 is 5.97 Å². The summed E-state index contributed by atoms with van der Waals surface area (Å²) in [6.45, 7) is 5.47. The Hall–Kier alpha value is -1.12. The Labute approximate surface area is 96.9 Å². The van der Waals surface area contributed by atoms with E-state index in [1.807, 2.05) is 0 Å². The standard InChI is InChI=1S/C13H20O3/c1-3-5-9-12(16-13(15)4-2)10-7-6-8-11(10)14/h4,10,12H,2-3,5-9H2,1H3. The van der Waals surface area contributed by atoms with E-state index in [4.69, 9.17) is 4.74 Å². The number of hydrogen-bond acceptors (Lipinski definition) is 3. The van der Waals surface area contributed by atoms with Crippen LogP contribution in [0.2, 0.25) is 0 Å². The predicted molar refractivity (Wildman–Crippen MR) is 62.0 cm³/mol. The number of Topliss-reactive ketones (excluding diaryl/α,β-unsaturated/α-hetero) is 1. The molecule has 0 spiro atoms. The molecule has 0 aromatic heterocycles. The number of rotatable bonds is 6. The molecule has 1 rings (SSSR count). The van der Waals surface area contributed by atoms with Gasteiger partial charge in [0.15, 0.2) is 0 Å². The Morgan fingerprint density at radius 3 is 2.94 bits per heavy atom. The van der Waals surface area contributed by atoms with E-state index in [2.05, 4.69) is 13.5 Å². The number of unbranched alkanes of at least 4 members (excludes halogenated alkanes) is 1. The fraction of sp³-hybridized carbons (Fsp3) is 0.692. The van der Waals surface area contributed by atoms with E-state index in [0.29, 0.717) is 6.42 Å². The number of carbonyl (C=O) groups is 2. The average molecular weight is 224 g/mol. The van der Waals surface area contributed by atoms with Gasteiger partial charge in [-0.15, -0.1) is 0 Å². The Morgan fingerprint density at radius 2 is 2.44 bits per heavy atom. The number of carbonyl (C=O) groups excluding carboxylic acids is 2. The molecule has 0 heterocycles. The highest BCUT2D eigenvalue weighted by Gasteiger charge is 2.33. The summed E-state index contributed by atoms with van der Waals surface area (Å²) in [5.41, 5.74) is 0. The topological polar surface area (TPSA) is 43.4 Å². The van der Waals surface area contributed by atoms with Gasteiger partial charge in [-0.1, -0.05) is 26.3 Å². The van der Waals surface area contributed by atoms with Crippen molar-refractivity contribution in [2.75, 3.05) is 0 Å². The smallest absolute Gasteiger partial charge is 0.330 e. The van der Waals surface area contributed by atoms with Gasteiger partial charge in [0.2, 0.25) is 0 Å². The lowest BCUT2D eigenvalue weighted by Gasteiger charge is -2.21. The number of ketones is 1. The second kappa shape index (κ2) is 6.46. The minimum absolute atomic E-state index is 0.0737. The van der Waals surface area contributed by atoms with E-state index in [9.17, 15) is 9.59 Å². The van der Waals surface area contributed by atoms with Crippen LogP contribution in [0.15, 0.2) is 12.7 Å². The van der Waals surface area contributed by atoms with Crippen LogP contribution in [-0.2, 0) is 14.3 Å². The van der Waals surface area contributed by atoms with Gasteiger partial charge in [0.1, 0.15) is 11.9 Å². The molecule has 1 fully saturated rings. The van der Waals surface area contributed by atoms with Crippen molar-refractivity contribution in [3.05, 3.63) is 12.7 Å². The Morgan fingerprint density at radius 1 is 1.69 bits per heavy atom. The van der Waals surface area contributed by atoms with Crippen molar-refractivity contribution in [1.29, 1.82) is 0 Å². The predicted octanol–water partition coefficient (Wildman–Crippen LogP) is 2.64. The third-order valence-corrected chi connectivity index (χ3v) is 3.08. The van der Waals surface area contributed by atoms with Crippen LogP contribution in [-0.4, -0.2) is 17.9 Å². The van der Waals surface area contributed by atoms with Gasteiger partial charge in [-0.05, 0) is 19.3 Å². The Balaban J connectivity index is 2.58.